The first-order chi connectivity index (χ1) is 6.56. The number of amides is 1. The van der Waals surface area contributed by atoms with Crippen molar-refractivity contribution in [2.45, 2.75) is 19.3 Å². The summed E-state index contributed by atoms with van der Waals surface area (Å²) in [6, 6.07) is 7.68. The van der Waals surface area contributed by atoms with Gasteiger partial charge in [-0.25, -0.2) is 0 Å². The maximum absolute atomic E-state index is 10.2. The second-order valence-electron chi connectivity index (χ2n) is 3.89. The molecule has 0 aliphatic heterocycles. The van der Waals surface area contributed by atoms with Gasteiger partial charge in [-0.3, -0.25) is 4.79 Å². The molecule has 0 saturated heterocycles. The lowest BCUT2D eigenvalue weighted by atomic mass is 9.85. The molecule has 0 bridgehead atoms. The Labute approximate surface area is 89.3 Å². The lowest BCUT2D eigenvalue weighted by Crippen LogP contribution is -2.32. The van der Waals surface area contributed by atoms with E-state index < -0.39 is 0 Å². The SMILES string of the molecule is CC(C)(CNC=O)c1ccc(Cl)cc1. The first-order valence-electron chi connectivity index (χ1n) is 4.49. The van der Waals surface area contributed by atoms with Crippen molar-refractivity contribution in [1.82, 2.24) is 5.32 Å². The van der Waals surface area contributed by atoms with E-state index in [0.717, 1.165) is 17.0 Å². The zero-order valence-corrected chi connectivity index (χ0v) is 9.14. The third-order valence-electron chi connectivity index (χ3n) is 2.25. The lowest BCUT2D eigenvalue weighted by Gasteiger charge is -2.24. The van der Waals surface area contributed by atoms with E-state index in [-0.39, 0.29) is 5.41 Å². The first-order valence-corrected chi connectivity index (χ1v) is 4.87. The van der Waals surface area contributed by atoms with Crippen molar-refractivity contribution >= 4 is 18.0 Å². The Hall–Kier alpha value is -1.02. The Kier molecular flexibility index (Phi) is 3.53. The molecule has 3 heteroatoms. The Morgan fingerprint density at radius 3 is 2.43 bits per heavy atom. The molecule has 1 aromatic rings. The Morgan fingerprint density at radius 2 is 1.93 bits per heavy atom. The summed E-state index contributed by atoms with van der Waals surface area (Å²) in [6.45, 7) is 4.78. The van der Waals surface area contributed by atoms with Crippen molar-refractivity contribution in [2.75, 3.05) is 6.54 Å². The monoisotopic (exact) mass is 211 g/mol. The molecule has 0 aromatic heterocycles. The van der Waals surface area contributed by atoms with Crippen molar-refractivity contribution < 1.29 is 4.79 Å². The second-order valence-corrected chi connectivity index (χ2v) is 4.33. The van der Waals surface area contributed by atoms with Crippen LogP contribution in [0.1, 0.15) is 19.4 Å². The molecule has 1 N–H and O–H groups in total. The zero-order valence-electron chi connectivity index (χ0n) is 8.38. The summed E-state index contributed by atoms with van der Waals surface area (Å²) < 4.78 is 0. The minimum absolute atomic E-state index is 0.0640. The van der Waals surface area contributed by atoms with E-state index >= 15 is 0 Å². The summed E-state index contributed by atoms with van der Waals surface area (Å²) in [4.78, 5) is 10.2. The van der Waals surface area contributed by atoms with Gasteiger partial charge >= 0.3 is 0 Å². The van der Waals surface area contributed by atoms with E-state index in [1.807, 2.05) is 24.3 Å². The molecule has 2 nitrogen and oxygen atoms in total. The summed E-state index contributed by atoms with van der Waals surface area (Å²) in [5.41, 5.74) is 1.10. The molecule has 0 saturated carbocycles. The highest BCUT2D eigenvalue weighted by atomic mass is 35.5. The van der Waals surface area contributed by atoms with E-state index in [9.17, 15) is 4.79 Å². The van der Waals surface area contributed by atoms with Gasteiger partial charge in [-0.05, 0) is 17.7 Å². The van der Waals surface area contributed by atoms with Crippen LogP contribution in [0, 0.1) is 0 Å². The topological polar surface area (TPSA) is 29.1 Å². The van der Waals surface area contributed by atoms with Crippen LogP contribution in [-0.2, 0) is 10.2 Å². The molecule has 0 aliphatic rings. The van der Waals surface area contributed by atoms with Gasteiger partial charge in [0.2, 0.25) is 6.41 Å². The standard InChI is InChI=1S/C11H14ClNO/c1-11(2,7-13-8-14)9-3-5-10(12)6-4-9/h3-6,8H,7H2,1-2H3,(H,13,14). The van der Waals surface area contributed by atoms with Crippen LogP contribution >= 0.6 is 11.6 Å². The van der Waals surface area contributed by atoms with Gasteiger partial charge < -0.3 is 5.32 Å². The smallest absolute Gasteiger partial charge is 0.207 e. The van der Waals surface area contributed by atoms with E-state index in [1.165, 1.54) is 0 Å². The Morgan fingerprint density at radius 1 is 1.36 bits per heavy atom. The Bertz CT molecular complexity index is 306. The van der Waals surface area contributed by atoms with Gasteiger partial charge in [-0.2, -0.15) is 0 Å². The van der Waals surface area contributed by atoms with Gasteiger partial charge in [0.05, 0.1) is 0 Å². The average Bonchev–Trinajstić information content (AvgIpc) is 2.16. The molecule has 1 rings (SSSR count). The van der Waals surface area contributed by atoms with Crippen LogP contribution in [0.3, 0.4) is 0 Å². The fraction of sp³-hybridized carbons (Fsp3) is 0.364. The quantitative estimate of drug-likeness (QED) is 0.762. The molecule has 0 heterocycles. The van der Waals surface area contributed by atoms with Crippen LogP contribution in [0.5, 0.6) is 0 Å². The van der Waals surface area contributed by atoms with Crippen LogP contribution in [-0.4, -0.2) is 13.0 Å². The number of carbonyl (C=O) groups is 1. The molecule has 1 aromatic carbocycles. The Balaban J connectivity index is 2.80. The number of hydrogen-bond donors (Lipinski definition) is 1. The molecule has 0 aliphatic carbocycles. The normalized spacial score (nSPS) is 11.1. The average molecular weight is 212 g/mol. The molecule has 1 amide bonds. The molecule has 0 radical (unpaired) electrons. The number of hydrogen-bond acceptors (Lipinski definition) is 1. The molecule has 0 fully saturated rings. The third-order valence-corrected chi connectivity index (χ3v) is 2.51. The molecule has 0 atom stereocenters. The van der Waals surface area contributed by atoms with E-state index in [0.29, 0.717) is 6.54 Å². The van der Waals surface area contributed by atoms with Crippen molar-refractivity contribution in [2.24, 2.45) is 0 Å². The van der Waals surface area contributed by atoms with E-state index in [2.05, 4.69) is 19.2 Å². The van der Waals surface area contributed by atoms with Crippen LogP contribution < -0.4 is 5.32 Å². The lowest BCUT2D eigenvalue weighted by molar-refractivity contribution is -0.109. The van der Waals surface area contributed by atoms with Gasteiger partial charge in [0.25, 0.3) is 0 Å². The van der Waals surface area contributed by atoms with Gasteiger partial charge in [0.1, 0.15) is 0 Å². The molecule has 76 valence electrons. The van der Waals surface area contributed by atoms with E-state index in [4.69, 9.17) is 11.6 Å². The summed E-state index contributed by atoms with van der Waals surface area (Å²) in [5.74, 6) is 0. The number of halogens is 1. The van der Waals surface area contributed by atoms with Crippen LogP contribution in [0.15, 0.2) is 24.3 Å². The number of rotatable bonds is 4. The maximum Gasteiger partial charge on any atom is 0.207 e. The van der Waals surface area contributed by atoms with Gasteiger partial charge in [-0.15, -0.1) is 0 Å². The highest BCUT2D eigenvalue weighted by Crippen LogP contribution is 2.23. The largest absolute Gasteiger partial charge is 0.358 e. The molecule has 0 spiro atoms. The van der Waals surface area contributed by atoms with Gasteiger partial charge in [-0.1, -0.05) is 37.6 Å². The second kappa shape index (κ2) is 4.47. The van der Waals surface area contributed by atoms with Gasteiger partial charge in [0, 0.05) is 17.0 Å². The summed E-state index contributed by atoms with van der Waals surface area (Å²) in [5, 5.41) is 3.42. The van der Waals surface area contributed by atoms with Crippen LogP contribution in [0.2, 0.25) is 5.02 Å². The fourth-order valence-corrected chi connectivity index (χ4v) is 1.43. The first kappa shape index (κ1) is 11.1. The minimum atomic E-state index is -0.0640. The fourth-order valence-electron chi connectivity index (χ4n) is 1.30. The molecule has 14 heavy (non-hydrogen) atoms. The van der Waals surface area contributed by atoms with Crippen molar-refractivity contribution in [1.29, 1.82) is 0 Å². The number of nitrogens with one attached hydrogen (secondary N) is 1. The minimum Gasteiger partial charge on any atom is -0.358 e. The molecular weight excluding hydrogens is 198 g/mol. The van der Waals surface area contributed by atoms with Crippen molar-refractivity contribution in [3.05, 3.63) is 34.9 Å². The highest BCUT2D eigenvalue weighted by Gasteiger charge is 2.19. The maximum atomic E-state index is 10.2. The summed E-state index contributed by atoms with van der Waals surface area (Å²) >= 11 is 5.79. The van der Waals surface area contributed by atoms with Crippen molar-refractivity contribution in [3.8, 4) is 0 Å². The summed E-state index contributed by atoms with van der Waals surface area (Å²) in [7, 11) is 0. The van der Waals surface area contributed by atoms with E-state index in [1.54, 1.807) is 0 Å². The van der Waals surface area contributed by atoms with Crippen molar-refractivity contribution in [3.63, 3.8) is 0 Å². The number of benzene rings is 1. The predicted octanol–water partition coefficient (Wildman–Crippen LogP) is 2.36. The number of carbonyl (C=O) groups excluding carboxylic acids is 1. The van der Waals surface area contributed by atoms with Crippen LogP contribution in [0.4, 0.5) is 0 Å². The summed E-state index contributed by atoms with van der Waals surface area (Å²) in [6.07, 6.45) is 0.720. The molecule has 0 unspecified atom stereocenters. The predicted molar refractivity (Wildman–Crippen MR) is 58.5 cm³/mol. The zero-order chi connectivity index (χ0) is 10.6. The van der Waals surface area contributed by atoms with Gasteiger partial charge in [0.15, 0.2) is 0 Å². The molecular formula is C11H14ClNO. The third kappa shape index (κ3) is 2.74. The highest BCUT2D eigenvalue weighted by molar-refractivity contribution is 6.30. The van der Waals surface area contributed by atoms with Crippen LogP contribution in [0.25, 0.3) is 0 Å².